The highest BCUT2D eigenvalue weighted by Crippen LogP contribution is 2.27. The summed E-state index contributed by atoms with van der Waals surface area (Å²) in [5.74, 6) is 0.658. The Kier molecular flexibility index (Phi) is 12.5. The third kappa shape index (κ3) is 9.59. The summed E-state index contributed by atoms with van der Waals surface area (Å²) in [7, 11) is 0. The first kappa shape index (κ1) is 31.6. The molecule has 1 saturated heterocycles. The lowest BCUT2D eigenvalue weighted by molar-refractivity contribution is -0.128. The number of carbonyl (C=O) groups excluding carboxylic acids is 1. The predicted molar refractivity (Wildman–Crippen MR) is 165 cm³/mol. The fraction of sp³-hybridized carbons (Fsp3) is 0.516. The summed E-state index contributed by atoms with van der Waals surface area (Å²) >= 11 is 4.31. The van der Waals surface area contributed by atoms with Gasteiger partial charge in [0.25, 0.3) is 0 Å². The molecule has 2 rings (SSSR count). The largest absolute Gasteiger partial charge is 0.368 e. The van der Waals surface area contributed by atoms with Crippen LogP contribution >= 0.6 is 12.6 Å². The van der Waals surface area contributed by atoms with Gasteiger partial charge in [0.15, 0.2) is 0 Å². The van der Waals surface area contributed by atoms with E-state index in [0.29, 0.717) is 30.5 Å². The summed E-state index contributed by atoms with van der Waals surface area (Å²) in [5, 5.41) is 0. The van der Waals surface area contributed by atoms with Gasteiger partial charge in [-0.15, -0.1) is 12.6 Å². The van der Waals surface area contributed by atoms with Crippen LogP contribution in [0.3, 0.4) is 0 Å². The second kappa shape index (κ2) is 15.1. The van der Waals surface area contributed by atoms with Gasteiger partial charge in [-0.2, -0.15) is 0 Å². The first-order valence-electron chi connectivity index (χ1n) is 13.6. The first-order chi connectivity index (χ1) is 17.9. The molecule has 2 heterocycles. The zero-order valence-corrected chi connectivity index (χ0v) is 25.0. The minimum Gasteiger partial charge on any atom is -0.368 e. The molecule has 6 nitrogen and oxygen atoms in total. The average molecular weight is 538 g/mol. The Morgan fingerprint density at radius 2 is 1.92 bits per heavy atom. The van der Waals surface area contributed by atoms with Crippen LogP contribution in [-0.4, -0.2) is 57.9 Å². The molecule has 0 radical (unpaired) electrons. The van der Waals surface area contributed by atoms with Gasteiger partial charge >= 0.3 is 0 Å². The van der Waals surface area contributed by atoms with E-state index < -0.39 is 0 Å². The van der Waals surface area contributed by atoms with Crippen LogP contribution in [0.5, 0.6) is 0 Å². The summed E-state index contributed by atoms with van der Waals surface area (Å²) in [6.45, 7) is 25.7. The average Bonchev–Trinajstić information content (AvgIpc) is 2.82. The SMILES string of the molecule is C=C/C(C)=C(\C(=C)C)c1cc(C[C@H]2CCN(C(=O)C(=C)CCC/C=C(\C)S)CCN(C(C)C)C2)nc(N)n1. The summed E-state index contributed by atoms with van der Waals surface area (Å²) in [4.78, 5) is 27.8. The van der Waals surface area contributed by atoms with E-state index in [0.717, 1.165) is 78.3 Å². The van der Waals surface area contributed by atoms with E-state index in [9.17, 15) is 4.79 Å². The molecule has 1 fully saturated rings. The van der Waals surface area contributed by atoms with Gasteiger partial charge in [-0.1, -0.05) is 31.9 Å². The highest BCUT2D eigenvalue weighted by atomic mass is 32.1. The zero-order valence-electron chi connectivity index (χ0n) is 24.1. The fourth-order valence-corrected chi connectivity index (χ4v) is 5.04. The van der Waals surface area contributed by atoms with Crippen LogP contribution in [0.1, 0.15) is 71.7 Å². The second-order valence-electron chi connectivity index (χ2n) is 10.7. The van der Waals surface area contributed by atoms with Crippen molar-refractivity contribution < 1.29 is 4.79 Å². The number of anilines is 1. The third-order valence-corrected chi connectivity index (χ3v) is 7.26. The molecule has 2 N–H and O–H groups in total. The van der Waals surface area contributed by atoms with Crippen molar-refractivity contribution in [3.63, 3.8) is 0 Å². The number of nitrogens with two attached hydrogens (primary N) is 1. The van der Waals surface area contributed by atoms with Crippen molar-refractivity contribution in [2.45, 2.75) is 72.8 Å². The standard InChI is InChI=1S/C31H47N5OS/c1-9-23(6)29(21(2)3)28-19-27(33-31(32)34-28)18-26-14-15-35(16-17-36(20-26)22(4)5)30(37)24(7)12-10-11-13-25(8)38/h9,13,19,22,26,38H,1-2,7,10-12,14-18,20H2,3-6,8H3,(H2,32,33,34)/b25-13+,29-23+/t26-/m1/s1. The number of nitrogens with zero attached hydrogens (tertiary/aromatic N) is 4. The predicted octanol–water partition coefficient (Wildman–Crippen LogP) is 6.26. The Hall–Kier alpha value is -2.64. The minimum atomic E-state index is 0.0747. The van der Waals surface area contributed by atoms with Crippen molar-refractivity contribution in [1.82, 2.24) is 19.8 Å². The number of rotatable bonds is 11. The lowest BCUT2D eigenvalue weighted by Gasteiger charge is -2.37. The van der Waals surface area contributed by atoms with E-state index in [1.54, 1.807) is 0 Å². The Morgan fingerprint density at radius 3 is 2.53 bits per heavy atom. The molecule has 1 aromatic heterocycles. The number of aromatic nitrogens is 2. The summed E-state index contributed by atoms with van der Waals surface area (Å²) in [5.41, 5.74) is 11.4. The number of carbonyl (C=O) groups is 1. The number of hydrogen-bond acceptors (Lipinski definition) is 6. The molecule has 0 aromatic carbocycles. The van der Waals surface area contributed by atoms with Gasteiger partial charge in [0.1, 0.15) is 0 Å². The third-order valence-electron chi connectivity index (χ3n) is 7.08. The van der Waals surface area contributed by atoms with Crippen molar-refractivity contribution in [3.8, 4) is 0 Å². The monoisotopic (exact) mass is 537 g/mol. The first-order valence-corrected chi connectivity index (χ1v) is 14.1. The summed E-state index contributed by atoms with van der Waals surface area (Å²) in [6.07, 6.45) is 8.06. The summed E-state index contributed by atoms with van der Waals surface area (Å²) in [6, 6.07) is 2.41. The maximum absolute atomic E-state index is 13.3. The lowest BCUT2D eigenvalue weighted by atomic mass is 9.94. The highest BCUT2D eigenvalue weighted by molar-refractivity contribution is 7.84. The number of thiol groups is 1. The molecule has 0 aliphatic carbocycles. The van der Waals surface area contributed by atoms with Crippen LogP contribution < -0.4 is 5.73 Å². The van der Waals surface area contributed by atoms with Crippen molar-refractivity contribution in [1.29, 1.82) is 0 Å². The topological polar surface area (TPSA) is 75.4 Å². The van der Waals surface area contributed by atoms with E-state index in [4.69, 9.17) is 5.73 Å². The van der Waals surface area contributed by atoms with Crippen LogP contribution in [0.15, 0.2) is 59.6 Å². The van der Waals surface area contributed by atoms with Crippen LogP contribution in [0.2, 0.25) is 0 Å². The van der Waals surface area contributed by atoms with E-state index in [2.05, 4.69) is 67.2 Å². The molecule has 0 unspecified atom stereocenters. The van der Waals surface area contributed by atoms with E-state index in [1.807, 2.05) is 37.8 Å². The molecule has 7 heteroatoms. The normalized spacial score (nSPS) is 18.0. The molecular formula is C31H47N5OS. The second-order valence-corrected chi connectivity index (χ2v) is 11.4. The molecule has 1 aliphatic heterocycles. The van der Waals surface area contributed by atoms with Gasteiger partial charge in [0.2, 0.25) is 11.9 Å². The van der Waals surface area contributed by atoms with Crippen molar-refractivity contribution >= 4 is 30.1 Å². The number of hydrogen-bond donors (Lipinski definition) is 2. The van der Waals surface area contributed by atoms with Gasteiger partial charge in [0, 0.05) is 49.1 Å². The number of nitrogen functional groups attached to an aromatic ring is 1. The quantitative estimate of drug-likeness (QED) is 0.151. The van der Waals surface area contributed by atoms with Crippen molar-refractivity contribution in [3.05, 3.63) is 71.0 Å². The van der Waals surface area contributed by atoms with Gasteiger partial charge < -0.3 is 10.6 Å². The Balaban J connectivity index is 2.21. The smallest absolute Gasteiger partial charge is 0.249 e. The molecule has 1 aliphatic rings. The van der Waals surface area contributed by atoms with Gasteiger partial charge in [-0.3, -0.25) is 9.69 Å². The highest BCUT2D eigenvalue weighted by Gasteiger charge is 2.26. The van der Waals surface area contributed by atoms with Crippen LogP contribution in [0.25, 0.3) is 5.57 Å². The number of unbranched alkanes of at least 4 members (excludes halogenated alkanes) is 1. The van der Waals surface area contributed by atoms with Crippen LogP contribution in [0.4, 0.5) is 5.95 Å². The van der Waals surface area contributed by atoms with Gasteiger partial charge in [-0.25, -0.2) is 9.97 Å². The molecule has 1 atom stereocenters. The van der Waals surface area contributed by atoms with Crippen molar-refractivity contribution in [2.24, 2.45) is 5.92 Å². The Morgan fingerprint density at radius 1 is 1.21 bits per heavy atom. The van der Waals surface area contributed by atoms with Crippen LogP contribution in [-0.2, 0) is 11.2 Å². The number of allylic oxidation sites excluding steroid dienone is 6. The molecule has 208 valence electrons. The lowest BCUT2D eigenvalue weighted by Crippen LogP contribution is -2.47. The molecule has 0 bridgehead atoms. The molecule has 1 aromatic rings. The zero-order chi connectivity index (χ0) is 28.4. The Labute approximate surface area is 235 Å². The molecule has 1 amide bonds. The van der Waals surface area contributed by atoms with E-state index in [1.165, 1.54) is 0 Å². The summed E-state index contributed by atoms with van der Waals surface area (Å²) < 4.78 is 0. The minimum absolute atomic E-state index is 0.0747. The fourth-order valence-electron chi connectivity index (χ4n) is 4.91. The van der Waals surface area contributed by atoms with E-state index in [-0.39, 0.29) is 11.9 Å². The molecule has 0 spiro atoms. The Bertz CT molecular complexity index is 1080. The molecular weight excluding hydrogens is 490 g/mol. The van der Waals surface area contributed by atoms with E-state index >= 15 is 0 Å². The molecule has 38 heavy (non-hydrogen) atoms. The maximum Gasteiger partial charge on any atom is 0.249 e. The maximum atomic E-state index is 13.3. The number of amides is 1. The van der Waals surface area contributed by atoms with Crippen molar-refractivity contribution in [2.75, 3.05) is 31.9 Å². The van der Waals surface area contributed by atoms with Gasteiger partial charge in [0.05, 0.1) is 5.69 Å². The van der Waals surface area contributed by atoms with Gasteiger partial charge in [-0.05, 0) is 94.8 Å². The molecule has 0 saturated carbocycles. The van der Waals surface area contributed by atoms with Crippen LogP contribution in [0, 0.1) is 5.92 Å².